The largest absolute Gasteiger partial charge is 0.464 e. The molecule has 0 bridgehead atoms. The minimum atomic E-state index is -4.34. The Kier molecular flexibility index (Phi) is 15.2. The van der Waals surface area contributed by atoms with Gasteiger partial charge >= 0.3 is 19.4 Å². The first-order valence-electron chi connectivity index (χ1n) is 17.7. The average molecular weight is 741 g/mol. The fourth-order valence-electron chi connectivity index (χ4n) is 5.41. The third-order valence-electron chi connectivity index (χ3n) is 8.23. The second-order valence-corrected chi connectivity index (χ2v) is 14.8. The molecule has 1 aliphatic rings. The molecule has 282 valence electrons. The van der Waals surface area contributed by atoms with Crippen LogP contribution < -0.4 is 26.2 Å². The molecule has 0 spiro atoms. The van der Waals surface area contributed by atoms with Crippen LogP contribution in [-0.2, 0) is 28.2 Å². The van der Waals surface area contributed by atoms with Crippen LogP contribution in [0.25, 0.3) is 10.8 Å². The molecule has 1 aliphatic heterocycles. The zero-order valence-corrected chi connectivity index (χ0v) is 31.0. The van der Waals surface area contributed by atoms with Crippen LogP contribution in [0.15, 0.2) is 58.3 Å². The van der Waals surface area contributed by atoms with Crippen molar-refractivity contribution in [1.82, 2.24) is 20.0 Å². The zero-order chi connectivity index (χ0) is 37.7. The van der Waals surface area contributed by atoms with E-state index in [1.165, 1.54) is 13.1 Å². The summed E-state index contributed by atoms with van der Waals surface area (Å²) >= 11 is 0. The van der Waals surface area contributed by atoms with E-state index in [0.29, 0.717) is 11.8 Å². The summed E-state index contributed by atoms with van der Waals surface area (Å²) in [5.41, 5.74) is -1.54. The first kappa shape index (κ1) is 40.5. The molecule has 52 heavy (non-hydrogen) atoms. The number of aromatic amines is 1. The molecule has 0 saturated carbocycles. The molecule has 5 atom stereocenters. The van der Waals surface area contributed by atoms with E-state index in [1.54, 1.807) is 24.3 Å². The van der Waals surface area contributed by atoms with E-state index < -0.39 is 56.0 Å². The standard InChI is InChI=1S/C37H49N4O10P/c1-5-6-7-8-9-19-33(43)38-20-13-16-28-22-41(37(46)39-35(28)44)34-21-30(42)32(50-34)24-49-52(47,40-26(4)36(45)48-23-25(2)3)51-31-18-12-15-27-14-10-11-17-29(27)31/h10-12,14-15,17-18,22,25-26,30,32,34,42H,5-9,19-21,23-24H2,1-4H3,(H,38,43)(H,40,47)(H,39,44,46)/t26-,30-,32+,34+,52?/m0/s1. The molecule has 1 saturated heterocycles. The lowest BCUT2D eigenvalue weighted by Gasteiger charge is -2.25. The van der Waals surface area contributed by atoms with E-state index in [4.69, 9.17) is 18.5 Å². The van der Waals surface area contributed by atoms with Gasteiger partial charge in [-0.25, -0.2) is 9.36 Å². The number of benzene rings is 2. The number of H-pyrrole nitrogens is 1. The van der Waals surface area contributed by atoms with Gasteiger partial charge in [0, 0.05) is 24.4 Å². The Balaban J connectivity index is 1.44. The van der Waals surface area contributed by atoms with E-state index in [-0.39, 0.29) is 42.7 Å². The van der Waals surface area contributed by atoms with Gasteiger partial charge in [-0.15, -0.1) is 0 Å². The van der Waals surface area contributed by atoms with Gasteiger partial charge in [0.15, 0.2) is 0 Å². The minimum Gasteiger partial charge on any atom is -0.464 e. The maximum absolute atomic E-state index is 14.3. The molecule has 4 rings (SSSR count). The summed E-state index contributed by atoms with van der Waals surface area (Å²) in [6.45, 7) is 7.10. The van der Waals surface area contributed by atoms with E-state index >= 15 is 0 Å². The predicted octanol–water partition coefficient (Wildman–Crippen LogP) is 4.55. The lowest BCUT2D eigenvalue weighted by molar-refractivity contribution is -0.146. The van der Waals surface area contributed by atoms with Crippen molar-refractivity contribution in [3.63, 3.8) is 0 Å². The van der Waals surface area contributed by atoms with Crippen molar-refractivity contribution in [2.75, 3.05) is 19.8 Å². The van der Waals surface area contributed by atoms with Crippen molar-refractivity contribution in [3.8, 4) is 17.6 Å². The topological polar surface area (TPSA) is 187 Å². The van der Waals surface area contributed by atoms with Crippen LogP contribution >= 0.6 is 7.75 Å². The fraction of sp³-hybridized carbons (Fsp3) is 0.514. The third-order valence-corrected chi connectivity index (χ3v) is 9.86. The molecule has 15 heteroatoms. The maximum Gasteiger partial charge on any atom is 0.459 e. The first-order valence-corrected chi connectivity index (χ1v) is 19.2. The second-order valence-electron chi connectivity index (χ2n) is 13.1. The number of aromatic nitrogens is 2. The van der Waals surface area contributed by atoms with E-state index in [2.05, 4.69) is 34.2 Å². The Morgan fingerprint density at radius 3 is 2.62 bits per heavy atom. The van der Waals surface area contributed by atoms with Crippen LogP contribution in [0.3, 0.4) is 0 Å². The van der Waals surface area contributed by atoms with Gasteiger partial charge in [0.05, 0.1) is 25.9 Å². The predicted molar refractivity (Wildman–Crippen MR) is 196 cm³/mol. The highest BCUT2D eigenvalue weighted by Gasteiger charge is 2.40. The van der Waals surface area contributed by atoms with Crippen molar-refractivity contribution < 1.29 is 37.8 Å². The second kappa shape index (κ2) is 19.5. The molecule has 4 N–H and O–H groups in total. The summed E-state index contributed by atoms with van der Waals surface area (Å²) in [5.74, 6) is 4.94. The molecule has 1 amide bonds. The Hall–Kier alpha value is -4.25. The smallest absolute Gasteiger partial charge is 0.459 e. The van der Waals surface area contributed by atoms with E-state index in [9.17, 15) is 28.8 Å². The summed E-state index contributed by atoms with van der Waals surface area (Å²) < 4.78 is 38.3. The minimum absolute atomic E-state index is 0.0212. The molecular formula is C37H49N4O10P. The van der Waals surface area contributed by atoms with Crippen molar-refractivity contribution in [2.45, 2.75) is 97.1 Å². The van der Waals surface area contributed by atoms with Gasteiger partial charge in [-0.2, -0.15) is 5.09 Å². The Morgan fingerprint density at radius 1 is 1.10 bits per heavy atom. The highest BCUT2D eigenvalue weighted by atomic mass is 31.2. The molecule has 1 aromatic heterocycles. The van der Waals surface area contributed by atoms with Crippen LogP contribution in [0, 0.1) is 17.8 Å². The monoisotopic (exact) mass is 740 g/mol. The number of aliphatic hydroxyl groups excluding tert-OH is 1. The summed E-state index contributed by atoms with van der Waals surface area (Å²) in [4.78, 5) is 52.3. The summed E-state index contributed by atoms with van der Waals surface area (Å²) in [6.07, 6.45) is 3.40. The highest BCUT2D eigenvalue weighted by molar-refractivity contribution is 7.52. The number of ether oxygens (including phenoxy) is 2. The highest BCUT2D eigenvalue weighted by Crippen LogP contribution is 2.47. The van der Waals surface area contributed by atoms with Crippen molar-refractivity contribution in [1.29, 1.82) is 0 Å². The Labute approximate surface area is 303 Å². The number of hydrogen-bond donors (Lipinski definition) is 4. The summed E-state index contributed by atoms with van der Waals surface area (Å²) in [6, 6.07) is 11.4. The average Bonchev–Trinajstić information content (AvgIpc) is 3.48. The molecule has 1 fully saturated rings. The van der Waals surface area contributed by atoms with Crippen LogP contribution in [0.2, 0.25) is 0 Å². The number of hydrogen-bond acceptors (Lipinski definition) is 10. The van der Waals surface area contributed by atoms with E-state index in [0.717, 1.165) is 42.1 Å². The number of unbranched alkanes of at least 4 members (excludes halogenated alkanes) is 4. The van der Waals surface area contributed by atoms with Gasteiger partial charge in [0.2, 0.25) is 5.91 Å². The maximum atomic E-state index is 14.3. The van der Waals surface area contributed by atoms with Crippen molar-refractivity contribution in [2.24, 2.45) is 5.92 Å². The number of carbonyl (C=O) groups is 2. The summed E-state index contributed by atoms with van der Waals surface area (Å²) in [5, 5.41) is 17.7. The number of esters is 1. The molecule has 14 nitrogen and oxygen atoms in total. The number of amides is 1. The van der Waals surface area contributed by atoms with Crippen LogP contribution in [-0.4, -0.2) is 64.5 Å². The third kappa shape index (κ3) is 11.9. The van der Waals surface area contributed by atoms with Gasteiger partial charge < -0.3 is 24.4 Å². The van der Waals surface area contributed by atoms with Gasteiger partial charge in [-0.3, -0.25) is 28.5 Å². The fourth-order valence-corrected chi connectivity index (χ4v) is 6.93. The van der Waals surface area contributed by atoms with Crippen molar-refractivity contribution >= 4 is 30.4 Å². The molecule has 1 unspecified atom stereocenters. The van der Waals surface area contributed by atoms with Gasteiger partial charge in [-0.05, 0) is 30.7 Å². The molecular weight excluding hydrogens is 691 g/mol. The molecule has 3 aromatic rings. The normalized spacial score (nSPS) is 18.7. The molecule has 0 radical (unpaired) electrons. The molecule has 2 heterocycles. The molecule has 0 aliphatic carbocycles. The number of aliphatic hydroxyl groups is 1. The SMILES string of the molecule is CCCCCCCC(=O)NCC#Cc1cn([C@H]2C[C@H](O)[C@@H](COP(=O)(N[C@@H](C)C(=O)OCC(C)C)Oc3cccc4ccccc34)O2)c(=O)[nH]c1=O. The van der Waals surface area contributed by atoms with E-state index in [1.807, 2.05) is 32.0 Å². The number of nitrogens with one attached hydrogen (secondary N) is 3. The van der Waals surface area contributed by atoms with Gasteiger partial charge in [0.25, 0.3) is 5.56 Å². The Bertz CT molecular complexity index is 1890. The van der Waals surface area contributed by atoms with Crippen LogP contribution in [0.4, 0.5) is 0 Å². The zero-order valence-electron chi connectivity index (χ0n) is 30.1. The lowest BCUT2D eigenvalue weighted by atomic mass is 10.1. The Morgan fingerprint density at radius 2 is 1.85 bits per heavy atom. The van der Waals surface area contributed by atoms with Gasteiger partial charge in [-0.1, -0.05) is 94.7 Å². The number of nitrogens with zero attached hydrogens (tertiary/aromatic N) is 1. The number of carbonyl (C=O) groups excluding carboxylic acids is 2. The first-order chi connectivity index (χ1) is 24.9. The lowest BCUT2D eigenvalue weighted by Crippen LogP contribution is -2.37. The van der Waals surface area contributed by atoms with Crippen LogP contribution in [0.5, 0.6) is 5.75 Å². The molecule has 2 aromatic carbocycles. The summed E-state index contributed by atoms with van der Waals surface area (Å²) in [7, 11) is -4.34. The quantitative estimate of drug-likeness (QED) is 0.0621. The van der Waals surface area contributed by atoms with Crippen LogP contribution in [0.1, 0.15) is 84.4 Å². The number of fused-ring (bicyclic) bond motifs is 1. The van der Waals surface area contributed by atoms with Crippen molar-refractivity contribution in [3.05, 3.63) is 75.1 Å². The number of rotatable bonds is 18. The van der Waals surface area contributed by atoms with Gasteiger partial charge in [0.1, 0.15) is 29.7 Å².